The fraction of sp³-hybridized carbons (Fsp3) is 0.257. The maximum absolute atomic E-state index is 14.2. The Morgan fingerprint density at radius 3 is 2.69 bits per heavy atom. The molecule has 2 aliphatic rings. The first-order valence-electron chi connectivity index (χ1n) is 15.2. The lowest BCUT2D eigenvalue weighted by atomic mass is 9.94. The van der Waals surface area contributed by atoms with Crippen LogP contribution in [0.15, 0.2) is 75.7 Å². The lowest BCUT2D eigenvalue weighted by Gasteiger charge is -2.25. The van der Waals surface area contributed by atoms with Crippen molar-refractivity contribution in [2.24, 2.45) is 4.99 Å². The van der Waals surface area contributed by atoms with Crippen LogP contribution >= 0.6 is 22.9 Å². The van der Waals surface area contributed by atoms with Crippen LogP contribution < -0.4 is 33.8 Å². The Hall–Kier alpha value is -5.07. The minimum absolute atomic E-state index is 0.0535. The fourth-order valence-electron chi connectivity index (χ4n) is 5.58. The topological polar surface area (TPSA) is 135 Å². The first kappa shape index (κ1) is 32.9. The zero-order valence-electron chi connectivity index (χ0n) is 26.3. The van der Waals surface area contributed by atoms with Crippen LogP contribution in [0.2, 0.25) is 5.02 Å². The van der Waals surface area contributed by atoms with Gasteiger partial charge in [-0.25, -0.2) is 14.6 Å². The van der Waals surface area contributed by atoms with Crippen LogP contribution in [0.25, 0.3) is 6.08 Å². The number of aromatic nitrogens is 1. The van der Waals surface area contributed by atoms with Crippen molar-refractivity contribution in [2.45, 2.75) is 39.3 Å². The van der Waals surface area contributed by atoms with Gasteiger partial charge in [-0.3, -0.25) is 9.36 Å². The van der Waals surface area contributed by atoms with Gasteiger partial charge in [-0.1, -0.05) is 54.5 Å². The van der Waals surface area contributed by atoms with E-state index in [1.54, 1.807) is 49.4 Å². The summed E-state index contributed by atoms with van der Waals surface area (Å²) in [6.07, 6.45) is 2.92. The normalized spacial score (nSPS) is 15.2. The van der Waals surface area contributed by atoms with E-state index in [4.69, 9.17) is 40.3 Å². The minimum atomic E-state index is -1.04. The molecule has 11 nitrogen and oxygen atoms in total. The molecule has 1 N–H and O–H groups in total. The summed E-state index contributed by atoms with van der Waals surface area (Å²) in [4.78, 5) is 44.3. The van der Waals surface area contributed by atoms with E-state index >= 15 is 0 Å². The van der Waals surface area contributed by atoms with Gasteiger partial charge in [0.1, 0.15) is 6.61 Å². The molecule has 1 atom stereocenters. The number of halogens is 1. The molecule has 0 saturated heterocycles. The highest BCUT2D eigenvalue weighted by Gasteiger charge is 2.35. The highest BCUT2D eigenvalue weighted by Crippen LogP contribution is 2.39. The van der Waals surface area contributed by atoms with Crippen molar-refractivity contribution in [3.63, 3.8) is 0 Å². The van der Waals surface area contributed by atoms with Crippen LogP contribution in [-0.4, -0.2) is 42.1 Å². The maximum atomic E-state index is 14.2. The Morgan fingerprint density at radius 2 is 1.94 bits per heavy atom. The van der Waals surface area contributed by atoms with Gasteiger partial charge >= 0.3 is 11.9 Å². The van der Waals surface area contributed by atoms with Crippen LogP contribution in [0.3, 0.4) is 0 Å². The van der Waals surface area contributed by atoms with Gasteiger partial charge in [0, 0.05) is 0 Å². The number of carbonyl (C=O) groups excluding carboxylic acids is 1. The molecule has 0 amide bonds. The number of nitrogens with zero attached hydrogens (tertiary/aromatic N) is 2. The number of methoxy groups -OCH3 is 1. The van der Waals surface area contributed by atoms with Crippen LogP contribution in [0.5, 0.6) is 23.0 Å². The average Bonchev–Trinajstić information content (AvgIpc) is 3.67. The van der Waals surface area contributed by atoms with Gasteiger partial charge in [-0.15, -0.1) is 0 Å². The van der Waals surface area contributed by atoms with Gasteiger partial charge < -0.3 is 28.8 Å². The van der Waals surface area contributed by atoms with Crippen molar-refractivity contribution in [2.75, 3.05) is 20.5 Å². The minimum Gasteiger partial charge on any atom is -0.493 e. The van der Waals surface area contributed by atoms with Crippen LogP contribution in [0.4, 0.5) is 0 Å². The molecule has 3 heterocycles. The zero-order chi connectivity index (χ0) is 33.9. The number of hydrogen-bond donors (Lipinski definition) is 1. The summed E-state index contributed by atoms with van der Waals surface area (Å²) in [7, 11) is 1.47. The smallest absolute Gasteiger partial charge is 0.338 e. The van der Waals surface area contributed by atoms with Gasteiger partial charge in [-0.2, -0.15) is 0 Å². The first-order chi connectivity index (χ1) is 23.2. The molecule has 248 valence electrons. The molecule has 0 aliphatic carbocycles. The molecule has 0 spiro atoms. The lowest BCUT2D eigenvalue weighted by Crippen LogP contribution is -2.40. The number of thiazole rings is 1. The number of fused-ring (bicyclic) bond motifs is 2. The van der Waals surface area contributed by atoms with Crippen molar-refractivity contribution in [3.8, 4) is 23.0 Å². The number of carboxylic acid groups (broad SMARTS) is 1. The third-order valence-electron chi connectivity index (χ3n) is 7.71. The monoisotopic (exact) mass is 690 g/mol. The number of aromatic carboxylic acids is 1. The van der Waals surface area contributed by atoms with E-state index in [2.05, 4.69) is 0 Å². The molecular formula is C35H31ClN2O9S. The van der Waals surface area contributed by atoms with Gasteiger partial charge in [0.2, 0.25) is 6.79 Å². The predicted octanol–water partition coefficient (Wildman–Crippen LogP) is 5.25. The third-order valence-corrected chi connectivity index (χ3v) is 8.97. The number of carboxylic acids is 1. The number of rotatable bonds is 11. The molecule has 48 heavy (non-hydrogen) atoms. The van der Waals surface area contributed by atoms with Gasteiger partial charge in [-0.05, 0) is 72.5 Å². The quantitative estimate of drug-likeness (QED) is 0.210. The van der Waals surface area contributed by atoms with Crippen molar-refractivity contribution in [1.82, 2.24) is 4.57 Å². The maximum Gasteiger partial charge on any atom is 0.338 e. The summed E-state index contributed by atoms with van der Waals surface area (Å²) in [5.74, 6) is 0.110. The molecule has 4 aromatic rings. The van der Waals surface area contributed by atoms with Gasteiger partial charge in [0.15, 0.2) is 27.8 Å². The highest BCUT2D eigenvalue weighted by atomic mass is 35.5. The molecule has 6 rings (SSSR count). The summed E-state index contributed by atoms with van der Waals surface area (Å²) in [5, 5.41) is 9.53. The molecule has 0 bridgehead atoms. The van der Waals surface area contributed by atoms with Gasteiger partial charge in [0.05, 0.1) is 46.1 Å². The predicted molar refractivity (Wildman–Crippen MR) is 178 cm³/mol. The Kier molecular flexibility index (Phi) is 9.56. The molecule has 0 fully saturated rings. The van der Waals surface area contributed by atoms with Crippen molar-refractivity contribution in [1.29, 1.82) is 0 Å². The standard InChI is InChI=1S/C35H31ClN2O9S/c1-4-7-24-29(34(42)44-5-2)30(21-10-11-25-26(16-21)47-18-46-25)38-32(39)28(48-35(38)37-24)15-20-13-23(36)31(27(14-20)43-3)45-17-19-8-6-9-22(12-19)33(40)41/h6,8-16,30H,4-5,7,17-18H2,1-3H3,(H,40,41)/b28-15+/t30-/m0/s1. The number of benzene rings is 3. The average molecular weight is 691 g/mol. The van der Waals surface area contributed by atoms with E-state index < -0.39 is 18.0 Å². The second kappa shape index (κ2) is 14.0. The molecule has 0 saturated carbocycles. The molecule has 0 unspecified atom stereocenters. The summed E-state index contributed by atoms with van der Waals surface area (Å²) < 4.78 is 30.0. The number of hydrogen-bond acceptors (Lipinski definition) is 10. The van der Waals surface area contributed by atoms with E-state index in [0.717, 1.165) is 6.42 Å². The Bertz CT molecular complexity index is 2140. The zero-order valence-corrected chi connectivity index (χ0v) is 27.9. The second-order valence-electron chi connectivity index (χ2n) is 10.9. The van der Waals surface area contributed by atoms with E-state index in [9.17, 15) is 19.5 Å². The van der Waals surface area contributed by atoms with Crippen LogP contribution in [0.1, 0.15) is 59.8 Å². The third kappa shape index (κ3) is 6.41. The second-order valence-corrected chi connectivity index (χ2v) is 12.3. The van der Waals surface area contributed by atoms with Crippen molar-refractivity contribution < 1.29 is 38.4 Å². The molecule has 13 heteroatoms. The van der Waals surface area contributed by atoms with E-state index in [0.29, 0.717) is 61.0 Å². The number of carbonyl (C=O) groups is 2. The number of ether oxygens (including phenoxy) is 5. The first-order valence-corrected chi connectivity index (χ1v) is 16.4. The lowest BCUT2D eigenvalue weighted by molar-refractivity contribution is -0.139. The summed E-state index contributed by atoms with van der Waals surface area (Å²) in [5.41, 5.74) is 2.51. The molecule has 0 radical (unpaired) electrons. The van der Waals surface area contributed by atoms with Gasteiger partial charge in [0.25, 0.3) is 5.56 Å². The van der Waals surface area contributed by atoms with E-state index in [1.165, 1.54) is 35.1 Å². The van der Waals surface area contributed by atoms with Crippen molar-refractivity contribution >= 4 is 41.0 Å². The highest BCUT2D eigenvalue weighted by molar-refractivity contribution is 7.07. The number of esters is 1. The summed E-state index contributed by atoms with van der Waals surface area (Å²) in [6.45, 7) is 4.02. The van der Waals surface area contributed by atoms with Crippen molar-refractivity contribution in [3.05, 3.63) is 113 Å². The SMILES string of the molecule is CCCC1=C(C(=O)OCC)[C@H](c2ccc3c(c2)OCO3)n2c(s/c(=C/c3cc(Cl)c(OCc4cccc(C(=O)O)c4)c(OC)c3)c2=O)=N1. The summed E-state index contributed by atoms with van der Waals surface area (Å²) >= 11 is 7.85. The largest absolute Gasteiger partial charge is 0.493 e. The Labute approximate surface area is 283 Å². The fourth-order valence-corrected chi connectivity index (χ4v) is 6.88. The van der Waals surface area contributed by atoms with Crippen LogP contribution in [-0.2, 0) is 16.1 Å². The molecule has 3 aromatic carbocycles. The Morgan fingerprint density at radius 1 is 1.12 bits per heavy atom. The molecule has 1 aromatic heterocycles. The van der Waals surface area contributed by atoms with Crippen LogP contribution in [0, 0.1) is 0 Å². The van der Waals surface area contributed by atoms with E-state index in [-0.39, 0.29) is 41.9 Å². The molecular weight excluding hydrogens is 660 g/mol. The molecule has 2 aliphatic heterocycles. The Balaban J connectivity index is 1.42. The number of allylic oxidation sites excluding steroid dienone is 1. The van der Waals surface area contributed by atoms with E-state index in [1.807, 2.05) is 13.0 Å². The summed E-state index contributed by atoms with van der Waals surface area (Å²) in [6, 6.07) is 14.3.